The van der Waals surface area contributed by atoms with Crippen LogP contribution in [0.25, 0.3) is 0 Å². The van der Waals surface area contributed by atoms with Gasteiger partial charge >= 0.3 is 12.1 Å². The van der Waals surface area contributed by atoms with E-state index in [4.69, 9.17) is 0 Å². The molecule has 2 aromatic rings. The highest BCUT2D eigenvalue weighted by atomic mass is 32.2. The van der Waals surface area contributed by atoms with E-state index in [-0.39, 0.29) is 17.1 Å². The maximum absolute atomic E-state index is 12.4. The van der Waals surface area contributed by atoms with E-state index in [1.165, 1.54) is 30.3 Å². The number of nitrogens with zero attached hydrogens (tertiary/aromatic N) is 1. The van der Waals surface area contributed by atoms with Crippen LogP contribution in [-0.4, -0.2) is 39.5 Å². The Morgan fingerprint density at radius 3 is 2.32 bits per heavy atom. The lowest BCUT2D eigenvalue weighted by molar-refractivity contribution is -0.167. The molecule has 0 aromatic heterocycles. The largest absolute Gasteiger partial charge is 0.471 e. The molecule has 1 heterocycles. The zero-order chi connectivity index (χ0) is 20.6. The molecule has 6 nitrogen and oxygen atoms in total. The molecule has 0 radical (unpaired) electrons. The van der Waals surface area contributed by atoms with Crippen molar-refractivity contribution in [3.05, 3.63) is 59.7 Å². The molecular formula is C18H16F3N3O3S. The highest BCUT2D eigenvalue weighted by molar-refractivity contribution is 7.90. The fourth-order valence-corrected chi connectivity index (χ4v) is 4.06. The Morgan fingerprint density at radius 2 is 1.79 bits per heavy atom. The summed E-state index contributed by atoms with van der Waals surface area (Å²) in [5.74, 6) is -2.07. The molecular weight excluding hydrogens is 395 g/mol. The maximum atomic E-state index is 12.4. The summed E-state index contributed by atoms with van der Waals surface area (Å²) in [6.07, 6.45) is -2.31. The minimum atomic E-state index is -4.99. The molecule has 1 atom stereocenters. The molecule has 0 spiro atoms. The lowest BCUT2D eigenvalue weighted by atomic mass is 9.76. The summed E-state index contributed by atoms with van der Waals surface area (Å²) in [6.45, 7) is 0.272. The molecule has 0 fully saturated rings. The summed E-state index contributed by atoms with van der Waals surface area (Å²) in [7, 11) is -3.53. The van der Waals surface area contributed by atoms with Crippen LogP contribution in [0.3, 0.4) is 0 Å². The van der Waals surface area contributed by atoms with Crippen LogP contribution >= 0.6 is 0 Å². The van der Waals surface area contributed by atoms with Crippen LogP contribution in [-0.2, 0) is 20.0 Å². The molecule has 0 saturated heterocycles. The lowest BCUT2D eigenvalue weighted by Crippen LogP contribution is -2.35. The number of alkyl halides is 3. The second kappa shape index (κ2) is 6.93. The number of hydrogen-bond acceptors (Lipinski definition) is 5. The molecule has 1 aliphatic heterocycles. The Morgan fingerprint density at radius 1 is 1.14 bits per heavy atom. The second-order valence-corrected chi connectivity index (χ2v) is 8.35. The Kier molecular flexibility index (Phi) is 4.92. The van der Waals surface area contributed by atoms with Crippen LogP contribution in [0.1, 0.15) is 11.1 Å². The third-order valence-electron chi connectivity index (χ3n) is 4.42. The predicted octanol–water partition coefficient (Wildman–Crippen LogP) is 2.47. The van der Waals surface area contributed by atoms with E-state index >= 15 is 0 Å². The van der Waals surface area contributed by atoms with E-state index in [9.17, 15) is 26.4 Å². The van der Waals surface area contributed by atoms with Crippen molar-refractivity contribution in [1.82, 2.24) is 5.43 Å². The molecule has 3 rings (SSSR count). The van der Waals surface area contributed by atoms with Crippen LogP contribution in [0.4, 0.5) is 18.9 Å². The maximum Gasteiger partial charge on any atom is 0.471 e. The first-order valence-corrected chi connectivity index (χ1v) is 9.98. The van der Waals surface area contributed by atoms with E-state index in [1.807, 2.05) is 0 Å². The summed E-state index contributed by atoms with van der Waals surface area (Å²) in [4.78, 5) is 11.2. The fraction of sp³-hybridized carbons (Fsp3) is 0.222. The van der Waals surface area contributed by atoms with Crippen LogP contribution < -0.4 is 10.7 Å². The molecule has 2 aromatic carbocycles. The number of amides is 1. The molecule has 0 bridgehead atoms. The average Bonchev–Trinajstić information content (AvgIpc) is 3.12. The molecule has 1 aliphatic rings. The number of rotatable bonds is 4. The third kappa shape index (κ3) is 3.72. The minimum absolute atomic E-state index is 0.0273. The van der Waals surface area contributed by atoms with Crippen molar-refractivity contribution in [3.63, 3.8) is 0 Å². The average molecular weight is 411 g/mol. The molecule has 28 heavy (non-hydrogen) atoms. The van der Waals surface area contributed by atoms with Crippen molar-refractivity contribution in [3.8, 4) is 0 Å². The van der Waals surface area contributed by atoms with Crippen LogP contribution in [0.15, 0.2) is 58.5 Å². The first kappa shape index (κ1) is 19.9. The van der Waals surface area contributed by atoms with Gasteiger partial charge in [0.15, 0.2) is 9.84 Å². The second-order valence-electron chi connectivity index (χ2n) is 6.36. The third-order valence-corrected chi connectivity index (χ3v) is 5.57. The number of halogens is 3. The number of carbonyl (C=O) groups excluding carboxylic acids is 1. The number of carbonyl (C=O) groups is 1. The van der Waals surface area contributed by atoms with Crippen molar-refractivity contribution < 1.29 is 26.4 Å². The smallest absolute Gasteiger partial charge is 0.318 e. The van der Waals surface area contributed by atoms with Crippen molar-refractivity contribution in [1.29, 1.82) is 0 Å². The first-order chi connectivity index (χ1) is 13.0. The van der Waals surface area contributed by atoms with E-state index in [2.05, 4.69) is 10.5 Å². The minimum Gasteiger partial charge on any atom is -0.318 e. The highest BCUT2D eigenvalue weighted by Gasteiger charge is 2.40. The molecule has 1 amide bonds. The van der Waals surface area contributed by atoms with Crippen LogP contribution in [0.2, 0.25) is 0 Å². The highest BCUT2D eigenvalue weighted by Crippen LogP contribution is 2.36. The van der Waals surface area contributed by atoms with Crippen molar-refractivity contribution in [2.75, 3.05) is 18.1 Å². The van der Waals surface area contributed by atoms with E-state index < -0.39 is 27.3 Å². The van der Waals surface area contributed by atoms with Gasteiger partial charge in [-0.15, -0.1) is 0 Å². The van der Waals surface area contributed by atoms with Crippen LogP contribution in [0, 0.1) is 0 Å². The van der Waals surface area contributed by atoms with E-state index in [0.717, 1.165) is 6.26 Å². The summed E-state index contributed by atoms with van der Waals surface area (Å²) >= 11 is 0. The molecule has 2 N–H and O–H groups in total. The Hall–Kier alpha value is -2.88. The van der Waals surface area contributed by atoms with Crippen molar-refractivity contribution in [2.45, 2.75) is 16.5 Å². The zero-order valence-electron chi connectivity index (χ0n) is 14.6. The molecule has 1 unspecified atom stereocenters. The number of hydrazone groups is 1. The predicted molar refractivity (Wildman–Crippen MR) is 98.0 cm³/mol. The summed E-state index contributed by atoms with van der Waals surface area (Å²) in [5.41, 5.74) is 2.97. The van der Waals surface area contributed by atoms with Gasteiger partial charge in [0, 0.05) is 18.2 Å². The Balaban J connectivity index is 2.03. The van der Waals surface area contributed by atoms with Gasteiger partial charge in [0.25, 0.3) is 0 Å². The monoisotopic (exact) mass is 411 g/mol. The molecule has 0 saturated carbocycles. The Labute approximate surface area is 159 Å². The number of nitrogens with one attached hydrogen (secondary N) is 2. The number of hydrogen-bond donors (Lipinski definition) is 2. The van der Waals surface area contributed by atoms with Gasteiger partial charge in [-0.2, -0.15) is 18.3 Å². The normalized spacial score (nSPS) is 19.3. The van der Waals surface area contributed by atoms with Crippen LogP contribution in [0.5, 0.6) is 0 Å². The first-order valence-electron chi connectivity index (χ1n) is 8.09. The Bertz CT molecular complexity index is 1030. The van der Waals surface area contributed by atoms with Crippen molar-refractivity contribution >= 4 is 27.6 Å². The van der Waals surface area contributed by atoms with Gasteiger partial charge in [-0.25, -0.2) is 8.42 Å². The molecule has 148 valence electrons. The standard InChI is InChI=1S/C18H16F3N3O3S/c1-28(26,27)15-5-3-2-4-14(15)17(10-22-23-11-17)12-6-8-13(9-7-12)24-16(25)18(19,20)21/h2-10,23H,11H2,1H3,(H,24,25). The van der Waals surface area contributed by atoms with Gasteiger partial charge in [-0.1, -0.05) is 30.3 Å². The van der Waals surface area contributed by atoms with Crippen molar-refractivity contribution in [2.24, 2.45) is 5.10 Å². The molecule has 10 heteroatoms. The van der Waals surface area contributed by atoms with Gasteiger partial charge in [-0.05, 0) is 29.3 Å². The zero-order valence-corrected chi connectivity index (χ0v) is 15.4. The number of benzene rings is 2. The quantitative estimate of drug-likeness (QED) is 0.809. The summed E-state index contributed by atoms with van der Waals surface area (Å²) in [5, 5.41) is 5.81. The summed E-state index contributed by atoms with van der Waals surface area (Å²) < 4.78 is 61.7. The van der Waals surface area contributed by atoms with Gasteiger partial charge in [0.2, 0.25) is 0 Å². The molecule has 0 aliphatic carbocycles. The topological polar surface area (TPSA) is 87.6 Å². The van der Waals surface area contributed by atoms with Gasteiger partial charge in [0.05, 0.1) is 16.9 Å². The van der Waals surface area contributed by atoms with Gasteiger partial charge < -0.3 is 10.7 Å². The van der Waals surface area contributed by atoms with Gasteiger partial charge in [-0.3, -0.25) is 4.79 Å². The number of anilines is 1. The van der Waals surface area contributed by atoms with E-state index in [0.29, 0.717) is 11.1 Å². The summed E-state index contributed by atoms with van der Waals surface area (Å²) in [6, 6.07) is 12.2. The SMILES string of the molecule is CS(=O)(=O)c1ccccc1C1(c2ccc(NC(=O)C(F)(F)F)cc2)C=NNC1. The van der Waals surface area contributed by atoms with Gasteiger partial charge in [0.1, 0.15) is 0 Å². The number of sulfone groups is 1. The van der Waals surface area contributed by atoms with E-state index in [1.54, 1.807) is 29.7 Å². The fourth-order valence-electron chi connectivity index (χ4n) is 3.08. The lowest BCUT2D eigenvalue weighted by Gasteiger charge is -2.28.